The molecule has 1 fully saturated rings. The van der Waals surface area contributed by atoms with Crippen LogP contribution in [0, 0.1) is 0 Å². The van der Waals surface area contributed by atoms with Crippen LogP contribution in [0.1, 0.15) is 24.4 Å². The van der Waals surface area contributed by atoms with Gasteiger partial charge >= 0.3 is 0 Å². The molecule has 2 aromatic rings. The summed E-state index contributed by atoms with van der Waals surface area (Å²) >= 11 is 1.64. The number of carbonyl (C=O) groups excluding carboxylic acids is 1. The first-order valence-corrected chi connectivity index (χ1v) is 7.87. The Morgan fingerprint density at radius 3 is 3.00 bits per heavy atom. The Balaban J connectivity index is 1.78. The van der Waals surface area contributed by atoms with Gasteiger partial charge in [0.25, 0.3) is 5.56 Å². The molecule has 110 valence electrons. The molecule has 0 radical (unpaired) electrons. The quantitative estimate of drug-likeness (QED) is 0.941. The maximum Gasteiger partial charge on any atom is 0.251 e. The first-order chi connectivity index (χ1) is 10.1. The second-order valence-corrected chi connectivity index (χ2v) is 6.01. The Hall–Kier alpha value is -2.08. The van der Waals surface area contributed by atoms with Gasteiger partial charge in [-0.2, -0.15) is 11.3 Å². The molecule has 0 aliphatic carbocycles. The van der Waals surface area contributed by atoms with Crippen LogP contribution in [0.15, 0.2) is 40.0 Å². The summed E-state index contributed by atoms with van der Waals surface area (Å²) in [6.07, 6.45) is 3.50. The van der Waals surface area contributed by atoms with Gasteiger partial charge in [-0.25, -0.2) is 0 Å². The number of anilines is 1. The van der Waals surface area contributed by atoms with Gasteiger partial charge in [-0.05, 0) is 41.3 Å². The average molecular weight is 303 g/mol. The average Bonchev–Trinajstić information content (AvgIpc) is 3.12. The summed E-state index contributed by atoms with van der Waals surface area (Å²) in [5.41, 5.74) is 7.14. The predicted octanol–water partition coefficient (Wildman–Crippen LogP) is 1.86. The van der Waals surface area contributed by atoms with E-state index in [9.17, 15) is 9.59 Å². The number of carbonyl (C=O) groups is 1. The number of nitrogens with zero attached hydrogens (tertiary/aromatic N) is 2. The monoisotopic (exact) mass is 303 g/mol. The molecule has 1 amide bonds. The molecular weight excluding hydrogens is 286 g/mol. The van der Waals surface area contributed by atoms with E-state index in [1.165, 1.54) is 22.4 Å². The van der Waals surface area contributed by atoms with Gasteiger partial charge in [-0.3, -0.25) is 9.59 Å². The first-order valence-electron chi connectivity index (χ1n) is 6.92. The highest BCUT2D eigenvalue weighted by Crippen LogP contribution is 2.33. The van der Waals surface area contributed by atoms with Crippen molar-refractivity contribution in [3.63, 3.8) is 0 Å². The predicted molar refractivity (Wildman–Crippen MR) is 83.1 cm³/mol. The summed E-state index contributed by atoms with van der Waals surface area (Å²) in [5.74, 6) is -0.0311. The molecule has 0 spiro atoms. The Morgan fingerprint density at radius 2 is 2.24 bits per heavy atom. The van der Waals surface area contributed by atoms with Crippen LogP contribution in [0.5, 0.6) is 0 Å². The molecule has 0 saturated carbocycles. The molecule has 6 heteroatoms. The molecule has 2 aromatic heterocycles. The number of nitrogen functional groups attached to an aromatic ring is 1. The number of aromatic nitrogens is 1. The molecule has 1 aliphatic rings. The molecule has 0 aromatic carbocycles. The Bertz CT molecular complexity index is 693. The van der Waals surface area contributed by atoms with Crippen LogP contribution in [-0.4, -0.2) is 21.9 Å². The van der Waals surface area contributed by atoms with Crippen molar-refractivity contribution in [2.45, 2.75) is 25.4 Å². The van der Waals surface area contributed by atoms with Gasteiger partial charge in [0.1, 0.15) is 6.54 Å². The topological polar surface area (TPSA) is 68.3 Å². The number of amides is 1. The molecule has 1 aliphatic heterocycles. The van der Waals surface area contributed by atoms with Gasteiger partial charge in [0.15, 0.2) is 0 Å². The summed E-state index contributed by atoms with van der Waals surface area (Å²) in [6.45, 7) is 0.793. The summed E-state index contributed by atoms with van der Waals surface area (Å²) < 4.78 is 1.38. The lowest BCUT2D eigenvalue weighted by Gasteiger charge is -2.24. The summed E-state index contributed by atoms with van der Waals surface area (Å²) in [4.78, 5) is 26.2. The van der Waals surface area contributed by atoms with E-state index in [2.05, 4.69) is 11.4 Å². The maximum absolute atomic E-state index is 12.5. The van der Waals surface area contributed by atoms with Gasteiger partial charge in [-0.1, -0.05) is 0 Å². The lowest BCUT2D eigenvalue weighted by atomic mass is 10.1. The molecule has 3 heterocycles. The molecular formula is C15H17N3O2S. The van der Waals surface area contributed by atoms with Gasteiger partial charge in [-0.15, -0.1) is 0 Å². The van der Waals surface area contributed by atoms with E-state index in [1.807, 2.05) is 10.3 Å². The lowest BCUT2D eigenvalue weighted by molar-refractivity contribution is -0.132. The first kappa shape index (κ1) is 13.9. The minimum Gasteiger partial charge on any atom is -0.398 e. The van der Waals surface area contributed by atoms with E-state index >= 15 is 0 Å². The van der Waals surface area contributed by atoms with Crippen LogP contribution in [0.25, 0.3) is 0 Å². The van der Waals surface area contributed by atoms with Crippen LogP contribution in [0.3, 0.4) is 0 Å². The maximum atomic E-state index is 12.5. The van der Waals surface area contributed by atoms with E-state index in [0.29, 0.717) is 5.69 Å². The molecule has 2 N–H and O–H groups in total. The molecule has 1 atom stereocenters. The summed E-state index contributed by atoms with van der Waals surface area (Å²) in [5, 5.41) is 4.11. The van der Waals surface area contributed by atoms with Gasteiger partial charge in [0.2, 0.25) is 5.91 Å². The van der Waals surface area contributed by atoms with E-state index in [-0.39, 0.29) is 24.1 Å². The number of likely N-dealkylation sites (tertiary alicyclic amines) is 1. The van der Waals surface area contributed by atoms with Gasteiger partial charge in [0, 0.05) is 24.5 Å². The van der Waals surface area contributed by atoms with E-state index < -0.39 is 0 Å². The number of nitrogens with two attached hydrogens (primary N) is 1. The minimum absolute atomic E-state index is 0.0311. The van der Waals surface area contributed by atoms with Crippen LogP contribution in [0.2, 0.25) is 0 Å². The number of pyridine rings is 1. The third-order valence-corrected chi connectivity index (χ3v) is 4.51. The van der Waals surface area contributed by atoms with Crippen molar-refractivity contribution >= 4 is 22.9 Å². The normalized spacial score (nSPS) is 18.1. The standard InChI is InChI=1S/C15H17N3O2S/c16-12-3-4-14(19)17(8-12)9-15(20)18-6-1-2-13(18)11-5-7-21-10-11/h3-5,7-8,10,13H,1-2,6,9,16H2. The lowest BCUT2D eigenvalue weighted by Crippen LogP contribution is -2.35. The minimum atomic E-state index is -0.205. The zero-order valence-electron chi connectivity index (χ0n) is 11.6. The SMILES string of the molecule is Nc1ccc(=O)n(CC(=O)N2CCCC2c2ccsc2)c1. The molecule has 0 bridgehead atoms. The highest BCUT2D eigenvalue weighted by atomic mass is 32.1. The fraction of sp³-hybridized carbons (Fsp3) is 0.333. The number of hydrogen-bond donors (Lipinski definition) is 1. The van der Waals surface area contributed by atoms with E-state index in [4.69, 9.17) is 5.73 Å². The van der Waals surface area contributed by atoms with Crippen LogP contribution in [-0.2, 0) is 11.3 Å². The molecule has 3 rings (SSSR count). The van der Waals surface area contributed by atoms with E-state index in [0.717, 1.165) is 19.4 Å². The third-order valence-electron chi connectivity index (χ3n) is 3.81. The fourth-order valence-corrected chi connectivity index (χ4v) is 3.49. The highest BCUT2D eigenvalue weighted by Gasteiger charge is 2.30. The van der Waals surface area contributed by atoms with Crippen molar-refractivity contribution in [3.8, 4) is 0 Å². The Kier molecular flexibility index (Phi) is 3.79. The van der Waals surface area contributed by atoms with Crippen LogP contribution in [0.4, 0.5) is 5.69 Å². The number of thiophene rings is 1. The smallest absolute Gasteiger partial charge is 0.251 e. The fourth-order valence-electron chi connectivity index (χ4n) is 2.79. The highest BCUT2D eigenvalue weighted by molar-refractivity contribution is 7.07. The second kappa shape index (κ2) is 5.73. The van der Waals surface area contributed by atoms with Crippen molar-refractivity contribution in [1.29, 1.82) is 0 Å². The molecule has 1 unspecified atom stereocenters. The van der Waals surface area contributed by atoms with Crippen molar-refractivity contribution in [3.05, 3.63) is 51.1 Å². The zero-order chi connectivity index (χ0) is 14.8. The van der Waals surface area contributed by atoms with E-state index in [1.54, 1.807) is 17.4 Å². The Labute approximate surface area is 126 Å². The number of hydrogen-bond acceptors (Lipinski definition) is 4. The largest absolute Gasteiger partial charge is 0.398 e. The summed E-state index contributed by atoms with van der Waals surface area (Å²) in [7, 11) is 0. The van der Waals surface area contributed by atoms with Gasteiger partial charge in [0.05, 0.1) is 6.04 Å². The van der Waals surface area contributed by atoms with Crippen molar-refractivity contribution in [2.24, 2.45) is 0 Å². The van der Waals surface area contributed by atoms with Crippen LogP contribution >= 0.6 is 11.3 Å². The zero-order valence-corrected chi connectivity index (χ0v) is 12.4. The van der Waals surface area contributed by atoms with Gasteiger partial charge < -0.3 is 15.2 Å². The molecule has 1 saturated heterocycles. The van der Waals surface area contributed by atoms with Crippen molar-refractivity contribution in [1.82, 2.24) is 9.47 Å². The van der Waals surface area contributed by atoms with Crippen molar-refractivity contribution < 1.29 is 4.79 Å². The number of rotatable bonds is 3. The Morgan fingerprint density at radius 1 is 1.38 bits per heavy atom. The third kappa shape index (κ3) is 2.85. The second-order valence-electron chi connectivity index (χ2n) is 5.23. The molecule has 21 heavy (non-hydrogen) atoms. The summed E-state index contributed by atoms with van der Waals surface area (Å²) in [6, 6.07) is 5.14. The molecule has 5 nitrogen and oxygen atoms in total. The van der Waals surface area contributed by atoms with Crippen molar-refractivity contribution in [2.75, 3.05) is 12.3 Å². The van der Waals surface area contributed by atoms with Crippen LogP contribution < -0.4 is 11.3 Å².